The van der Waals surface area contributed by atoms with Gasteiger partial charge in [0.1, 0.15) is 0 Å². The van der Waals surface area contributed by atoms with Crippen LogP contribution in [-0.4, -0.2) is 58.0 Å². The smallest absolute Gasteiger partial charge is 0.159 e. The van der Waals surface area contributed by atoms with Crippen LogP contribution in [0.3, 0.4) is 0 Å². The quantitative estimate of drug-likeness (QED) is 0.113. The molecule has 15 aromatic carbocycles. The number of hydrogen-bond acceptors (Lipinski definition) is 6. The number of para-hydroxylation sites is 9. The van der Waals surface area contributed by atoms with Crippen molar-refractivity contribution in [2.24, 2.45) is 0 Å². The minimum Gasteiger partial charge on any atom is -0.351 e. The maximum Gasteiger partial charge on any atom is 0.159 e. The average Bonchev–Trinajstić information content (AvgIpc) is 1.62. The number of rotatable bonds is 12. The van der Waals surface area contributed by atoms with Gasteiger partial charge in [-0.15, -0.1) is 105 Å². The second-order valence-corrected chi connectivity index (χ2v) is 29.8. The van der Waals surface area contributed by atoms with Gasteiger partial charge in [-0.3, -0.25) is 0 Å². The first kappa shape index (κ1) is 79.9. The Morgan fingerprint density at radius 1 is 0.218 bits per heavy atom. The zero-order valence-electron chi connectivity index (χ0n) is 66.6. The summed E-state index contributed by atoms with van der Waals surface area (Å²) in [6.45, 7) is 17.1. The van der Waals surface area contributed by atoms with Crippen LogP contribution in [0.2, 0.25) is 0 Å². The van der Waals surface area contributed by atoms with E-state index in [9.17, 15) is 0 Å². The van der Waals surface area contributed by atoms with Crippen molar-refractivity contribution in [3.63, 3.8) is 0 Å². The summed E-state index contributed by atoms with van der Waals surface area (Å²) in [5.41, 5.74) is 28.9. The first-order valence-electron chi connectivity index (χ1n) is 39.2. The minimum atomic E-state index is 0. The molecule has 0 spiro atoms. The fourth-order valence-electron chi connectivity index (χ4n) is 16.9. The molecule has 0 atom stereocenters. The second kappa shape index (κ2) is 34.0. The van der Waals surface area contributed by atoms with Crippen LogP contribution in [0.25, 0.3) is 168 Å². The molecule has 0 fully saturated rings. The Bertz CT molecular complexity index is 7090. The van der Waals surface area contributed by atoms with Crippen molar-refractivity contribution in [1.29, 1.82) is 0 Å². The molecular weight excluding hydrogens is 1990 g/mol. The van der Waals surface area contributed by atoms with Crippen LogP contribution >= 0.6 is 0 Å². The monoisotopic (exact) mass is 2070 g/mol. The molecule has 3 radical (unpaired) electrons. The molecule has 0 aliphatic rings. The van der Waals surface area contributed by atoms with Crippen LogP contribution in [0.1, 0.15) is 44.5 Å². The molecule has 585 valence electrons. The summed E-state index contributed by atoms with van der Waals surface area (Å²) >= 11 is 0. The number of benzene rings is 15. The third-order valence-electron chi connectivity index (χ3n) is 22.4. The first-order chi connectivity index (χ1) is 56.9. The van der Waals surface area contributed by atoms with E-state index in [0.29, 0.717) is 0 Å². The summed E-state index contributed by atoms with van der Waals surface area (Å²) in [4.78, 5) is 0. The molecule has 0 saturated carbocycles. The van der Waals surface area contributed by atoms with Gasteiger partial charge in [0.2, 0.25) is 0 Å². The van der Waals surface area contributed by atoms with Crippen molar-refractivity contribution in [2.45, 2.75) is 55.4 Å². The minimum absolute atomic E-state index is 0. The number of fused-ring (bicyclic) bond motifs is 9. The van der Waals surface area contributed by atoms with Crippen molar-refractivity contribution in [1.82, 2.24) is 58.0 Å². The van der Waals surface area contributed by atoms with Gasteiger partial charge < -0.3 is 27.4 Å². The third kappa shape index (κ3) is 14.5. The second-order valence-electron chi connectivity index (χ2n) is 29.8. The topological polar surface area (TPSA) is 107 Å². The largest absolute Gasteiger partial charge is 0.351 e. The van der Waals surface area contributed by atoms with Crippen molar-refractivity contribution in [3.05, 3.63) is 396 Å². The third-order valence-corrected chi connectivity index (χ3v) is 22.4. The normalized spacial score (nSPS) is 11.2. The van der Waals surface area contributed by atoms with E-state index in [2.05, 4.69) is 408 Å². The molecule has 6 aromatic heterocycles. The molecule has 0 saturated heterocycles. The maximum absolute atomic E-state index is 4.73. The summed E-state index contributed by atoms with van der Waals surface area (Å²) in [6.07, 6.45) is 0. The summed E-state index contributed by atoms with van der Waals surface area (Å²) in [6, 6.07) is 127. The predicted molar refractivity (Wildman–Crippen MR) is 474 cm³/mol. The molecule has 6 heterocycles. The molecule has 21 aromatic rings. The molecular formula is C104H79Ir3N12-3. The van der Waals surface area contributed by atoms with Crippen molar-refractivity contribution in [2.75, 3.05) is 0 Å². The Balaban J connectivity index is 0.000000131. The van der Waals surface area contributed by atoms with E-state index in [-0.39, 0.29) is 60.3 Å². The Morgan fingerprint density at radius 2 is 0.513 bits per heavy atom. The summed E-state index contributed by atoms with van der Waals surface area (Å²) in [5.74, 6) is 4.81. The number of aromatic nitrogens is 12. The Labute approximate surface area is 731 Å². The van der Waals surface area contributed by atoms with Crippen molar-refractivity contribution in [3.8, 4) is 102 Å². The molecule has 15 heteroatoms. The predicted octanol–water partition coefficient (Wildman–Crippen LogP) is 25.0. The van der Waals surface area contributed by atoms with Crippen LogP contribution in [0, 0.1) is 73.6 Å². The SMILES string of the molecule is Cc1cc(C)c(-c2nnc(-c3[c-]cc(-n4c5ccccc5c5ccccc54)cc3)n2-c2ccccc2)c(C)c1.Cc1cccc(-c2nnc(-c3[c-]cc(-n4c5ccccc5c5ccccc54)cc3)n2-c2ccccc2)c1C.Cc1ccccc1-c1nnc(-c2[c-]cc(-n3c4ccccc4c4ccccc43)cc2)n1-c1c(C)cccc1C.[Ir].[Ir].[Ir]. The van der Waals surface area contributed by atoms with Crippen molar-refractivity contribution < 1.29 is 60.3 Å². The van der Waals surface area contributed by atoms with Crippen LogP contribution in [0.5, 0.6) is 0 Å². The number of hydrogen-bond donors (Lipinski definition) is 0. The van der Waals surface area contributed by atoms with E-state index in [1.54, 1.807) is 0 Å². The Kier molecular flexibility index (Phi) is 22.8. The van der Waals surface area contributed by atoms with E-state index in [0.717, 1.165) is 108 Å². The van der Waals surface area contributed by atoms with Crippen molar-refractivity contribution >= 4 is 65.4 Å². The molecule has 0 bridgehead atoms. The molecule has 0 unspecified atom stereocenters. The molecule has 0 N–H and O–H groups in total. The van der Waals surface area contributed by atoms with Crippen LogP contribution < -0.4 is 0 Å². The van der Waals surface area contributed by atoms with Gasteiger partial charge in [-0.2, -0.15) is 15.3 Å². The van der Waals surface area contributed by atoms with Gasteiger partial charge in [0, 0.05) is 159 Å². The fraction of sp³-hybridized carbons (Fsp3) is 0.0769. The Morgan fingerprint density at radius 3 is 0.891 bits per heavy atom. The molecule has 119 heavy (non-hydrogen) atoms. The number of aryl methyl sites for hydroxylation is 7. The first-order valence-corrected chi connectivity index (χ1v) is 39.2. The maximum atomic E-state index is 4.73. The molecule has 12 nitrogen and oxygen atoms in total. The van der Waals surface area contributed by atoms with Crippen LogP contribution in [-0.2, 0) is 60.3 Å². The van der Waals surface area contributed by atoms with Gasteiger partial charge in [-0.1, -0.05) is 224 Å². The van der Waals surface area contributed by atoms with E-state index >= 15 is 0 Å². The van der Waals surface area contributed by atoms with E-state index in [1.807, 2.05) is 36.4 Å². The molecule has 21 rings (SSSR count). The summed E-state index contributed by atoms with van der Waals surface area (Å²) in [5, 5.41) is 35.7. The van der Waals surface area contributed by atoms with E-state index in [4.69, 9.17) is 20.4 Å². The van der Waals surface area contributed by atoms with E-state index in [1.165, 1.54) is 104 Å². The van der Waals surface area contributed by atoms with E-state index < -0.39 is 0 Å². The Hall–Kier alpha value is -12.9. The molecule has 0 aliphatic heterocycles. The van der Waals surface area contributed by atoms with Gasteiger partial charge in [0.05, 0.1) is 17.5 Å². The standard InChI is InChI=1S/2C35H27N4.C34H25N4.3Ir/c1-23-11-4-5-14-28(23)35-37-36-34(39(35)33-24(2)12-10-13-25(33)3)26-19-21-27(22-20-26)38-31-17-8-6-15-29(31)30-16-7-9-18-32(30)38;1-23-21-24(2)33(25(3)22-23)35-37-36-34(39(35)27-11-5-4-6-12-27)26-17-19-28(20-18-26)38-31-15-9-7-13-29(31)30-14-8-10-16-32(30)38;1-23-11-10-16-28(24(23)2)34-36-35-33(38(34)26-12-4-3-5-13-26)25-19-21-27(22-20-25)37-31-17-8-6-14-29(31)30-15-7-9-18-32(30)37;;;/h4-19,21-22H,1-3H3;4-17,19-22H,1-3H3;3-19,21-22H,1-2H3;;;/q3*-1;;;. The summed E-state index contributed by atoms with van der Waals surface area (Å²) in [7, 11) is 0. The molecule has 0 amide bonds. The average molecular weight is 2070 g/mol. The summed E-state index contributed by atoms with van der Waals surface area (Å²) < 4.78 is 13.4. The van der Waals surface area contributed by atoms with Gasteiger partial charge >= 0.3 is 0 Å². The van der Waals surface area contributed by atoms with Gasteiger partial charge in [0.15, 0.2) is 17.5 Å². The van der Waals surface area contributed by atoms with Crippen LogP contribution in [0.15, 0.2) is 334 Å². The van der Waals surface area contributed by atoms with Crippen LogP contribution in [0.4, 0.5) is 0 Å². The van der Waals surface area contributed by atoms with Gasteiger partial charge in [-0.25, -0.2) is 0 Å². The molecule has 0 aliphatic carbocycles. The van der Waals surface area contributed by atoms with Gasteiger partial charge in [-0.05, 0) is 172 Å². The van der Waals surface area contributed by atoms with Gasteiger partial charge in [0.25, 0.3) is 0 Å². The fourth-order valence-corrected chi connectivity index (χ4v) is 16.9. The number of nitrogens with zero attached hydrogens (tertiary/aromatic N) is 12. The zero-order chi connectivity index (χ0) is 78.7. The zero-order valence-corrected chi connectivity index (χ0v) is 73.8.